The third-order valence-corrected chi connectivity index (χ3v) is 8.49. The van der Waals surface area contributed by atoms with E-state index < -0.39 is 30.5 Å². The van der Waals surface area contributed by atoms with E-state index in [9.17, 15) is 16.8 Å². The van der Waals surface area contributed by atoms with E-state index in [2.05, 4.69) is 6.07 Å². The molecule has 0 aliphatic carbocycles. The molecule has 0 unspecified atom stereocenters. The zero-order valence-electron chi connectivity index (χ0n) is 11.6. The van der Waals surface area contributed by atoms with Crippen LogP contribution in [0.3, 0.4) is 0 Å². The summed E-state index contributed by atoms with van der Waals surface area (Å²) in [4.78, 5) is 0. The van der Waals surface area contributed by atoms with E-state index in [4.69, 9.17) is 5.26 Å². The molecule has 0 bridgehead atoms. The summed E-state index contributed by atoms with van der Waals surface area (Å²) in [6, 6.07) is 2.24. The van der Waals surface area contributed by atoms with Crippen LogP contribution >= 0.6 is 0 Å². The number of hydrogen-bond donors (Lipinski definition) is 0. The molecule has 2 aliphatic rings. The van der Waals surface area contributed by atoms with E-state index in [-0.39, 0.29) is 24.3 Å². The highest BCUT2D eigenvalue weighted by atomic mass is 32.2. The smallest absolute Gasteiger partial charge is 0.217 e. The van der Waals surface area contributed by atoms with Crippen molar-refractivity contribution in [3.63, 3.8) is 0 Å². The standard InChI is InChI=1S/C12H20N2O4S2/c1-12(10-13)4-6-14(7-5-12)20(17,18)11-2-8-19(15,16)9-3-11/h11H,2-9H2,1H3. The molecule has 0 spiro atoms. The summed E-state index contributed by atoms with van der Waals surface area (Å²) in [6.07, 6.45) is 1.45. The molecule has 0 amide bonds. The van der Waals surface area contributed by atoms with Gasteiger partial charge in [0, 0.05) is 13.1 Å². The van der Waals surface area contributed by atoms with Gasteiger partial charge in [-0.05, 0) is 32.6 Å². The van der Waals surface area contributed by atoms with Crippen molar-refractivity contribution in [3.05, 3.63) is 0 Å². The Morgan fingerprint density at radius 2 is 1.70 bits per heavy atom. The van der Waals surface area contributed by atoms with Gasteiger partial charge in [-0.15, -0.1) is 0 Å². The summed E-state index contributed by atoms with van der Waals surface area (Å²) in [7, 11) is -6.49. The van der Waals surface area contributed by atoms with E-state index in [1.807, 2.05) is 6.92 Å². The highest BCUT2D eigenvalue weighted by Gasteiger charge is 2.40. The Balaban J connectivity index is 2.04. The maximum absolute atomic E-state index is 12.5. The minimum Gasteiger partial charge on any atom is -0.229 e. The van der Waals surface area contributed by atoms with Crippen LogP contribution in [0.4, 0.5) is 0 Å². The van der Waals surface area contributed by atoms with Crippen LogP contribution in [0, 0.1) is 16.7 Å². The molecule has 0 aromatic heterocycles. The Bertz CT molecular complexity index is 596. The summed E-state index contributed by atoms with van der Waals surface area (Å²) in [5, 5.41) is 8.48. The number of sulfone groups is 1. The summed E-state index contributed by atoms with van der Waals surface area (Å²) >= 11 is 0. The average molecular weight is 320 g/mol. The summed E-state index contributed by atoms with van der Waals surface area (Å²) in [5.74, 6) is -0.0820. The minimum atomic E-state index is -3.43. The van der Waals surface area contributed by atoms with Gasteiger partial charge in [0.05, 0.1) is 28.2 Å². The largest absolute Gasteiger partial charge is 0.229 e. The van der Waals surface area contributed by atoms with Gasteiger partial charge in [0.1, 0.15) is 9.84 Å². The first-order valence-electron chi connectivity index (χ1n) is 6.79. The van der Waals surface area contributed by atoms with Crippen molar-refractivity contribution in [2.75, 3.05) is 24.6 Å². The molecule has 20 heavy (non-hydrogen) atoms. The molecule has 6 nitrogen and oxygen atoms in total. The second kappa shape index (κ2) is 5.28. The van der Waals surface area contributed by atoms with Crippen LogP contribution in [-0.4, -0.2) is 51.0 Å². The maximum Gasteiger partial charge on any atom is 0.217 e. The quantitative estimate of drug-likeness (QED) is 0.739. The van der Waals surface area contributed by atoms with Crippen molar-refractivity contribution < 1.29 is 16.8 Å². The molecule has 2 heterocycles. The molecule has 114 valence electrons. The number of nitrogens with zero attached hydrogens (tertiary/aromatic N) is 2. The lowest BCUT2D eigenvalue weighted by Gasteiger charge is -2.36. The van der Waals surface area contributed by atoms with E-state index in [1.54, 1.807) is 0 Å². The molecule has 2 saturated heterocycles. The fourth-order valence-electron chi connectivity index (χ4n) is 2.72. The molecule has 2 fully saturated rings. The number of piperidine rings is 1. The van der Waals surface area contributed by atoms with Gasteiger partial charge < -0.3 is 0 Å². The number of nitriles is 1. The van der Waals surface area contributed by atoms with E-state index in [0.29, 0.717) is 25.9 Å². The second-order valence-electron chi connectivity index (χ2n) is 5.97. The lowest BCUT2D eigenvalue weighted by molar-refractivity contribution is 0.230. The Kier molecular flexibility index (Phi) is 4.15. The molecule has 2 aliphatic heterocycles. The fraction of sp³-hybridized carbons (Fsp3) is 0.917. The van der Waals surface area contributed by atoms with E-state index in [0.717, 1.165) is 0 Å². The van der Waals surface area contributed by atoms with Crippen molar-refractivity contribution in [2.24, 2.45) is 5.41 Å². The first-order valence-corrected chi connectivity index (χ1v) is 10.1. The van der Waals surface area contributed by atoms with Gasteiger partial charge in [-0.25, -0.2) is 21.1 Å². The van der Waals surface area contributed by atoms with Gasteiger partial charge >= 0.3 is 0 Å². The summed E-state index contributed by atoms with van der Waals surface area (Å²) in [6.45, 7) is 2.56. The number of sulfonamides is 1. The molecule has 0 saturated carbocycles. The molecule has 8 heteroatoms. The van der Waals surface area contributed by atoms with Gasteiger partial charge in [-0.2, -0.15) is 5.26 Å². The molecule has 2 rings (SSSR count). The molecule has 0 radical (unpaired) electrons. The van der Waals surface area contributed by atoms with Crippen molar-refractivity contribution in [3.8, 4) is 6.07 Å². The molecular weight excluding hydrogens is 300 g/mol. The zero-order valence-corrected chi connectivity index (χ0v) is 13.2. The SMILES string of the molecule is CC1(C#N)CCN(S(=O)(=O)C2CCS(=O)(=O)CC2)CC1. The number of rotatable bonds is 2. The summed E-state index contributed by atoms with van der Waals surface area (Å²) < 4.78 is 49.2. The van der Waals surface area contributed by atoms with Crippen molar-refractivity contribution in [1.29, 1.82) is 5.26 Å². The van der Waals surface area contributed by atoms with Crippen LogP contribution in [0.15, 0.2) is 0 Å². The van der Waals surface area contributed by atoms with E-state index in [1.165, 1.54) is 4.31 Å². The first kappa shape index (κ1) is 15.7. The molecular formula is C12H20N2O4S2. The third-order valence-electron chi connectivity index (χ3n) is 4.38. The molecule has 0 N–H and O–H groups in total. The van der Waals surface area contributed by atoms with Gasteiger partial charge in [0.15, 0.2) is 0 Å². The van der Waals surface area contributed by atoms with Crippen LogP contribution in [0.5, 0.6) is 0 Å². The Labute approximate surface area is 120 Å². The topological polar surface area (TPSA) is 95.3 Å². The van der Waals surface area contributed by atoms with Crippen LogP contribution in [0.1, 0.15) is 32.6 Å². The second-order valence-corrected chi connectivity index (χ2v) is 10.5. The van der Waals surface area contributed by atoms with Crippen LogP contribution in [0.25, 0.3) is 0 Å². The van der Waals surface area contributed by atoms with Crippen LogP contribution in [-0.2, 0) is 19.9 Å². The highest BCUT2D eigenvalue weighted by molar-refractivity contribution is 7.92. The van der Waals surface area contributed by atoms with E-state index >= 15 is 0 Å². The van der Waals surface area contributed by atoms with Gasteiger partial charge in [0.25, 0.3) is 0 Å². The van der Waals surface area contributed by atoms with Crippen molar-refractivity contribution in [1.82, 2.24) is 4.31 Å². The average Bonchev–Trinajstić information content (AvgIpc) is 2.39. The van der Waals surface area contributed by atoms with Crippen molar-refractivity contribution >= 4 is 19.9 Å². The van der Waals surface area contributed by atoms with Crippen LogP contribution < -0.4 is 0 Å². The highest BCUT2D eigenvalue weighted by Crippen LogP contribution is 2.33. The summed E-state index contributed by atoms with van der Waals surface area (Å²) in [5.41, 5.74) is -0.443. The van der Waals surface area contributed by atoms with Crippen molar-refractivity contribution in [2.45, 2.75) is 37.9 Å². The Hall–Kier alpha value is -0.650. The normalized spacial score (nSPS) is 27.8. The molecule has 0 aromatic carbocycles. The molecule has 0 aromatic rings. The van der Waals surface area contributed by atoms with Gasteiger partial charge in [0.2, 0.25) is 10.0 Å². The minimum absolute atomic E-state index is 0.0410. The van der Waals surface area contributed by atoms with Gasteiger partial charge in [-0.3, -0.25) is 0 Å². The number of hydrogen-bond acceptors (Lipinski definition) is 5. The lowest BCUT2D eigenvalue weighted by Crippen LogP contribution is -2.47. The van der Waals surface area contributed by atoms with Crippen LogP contribution in [0.2, 0.25) is 0 Å². The lowest BCUT2D eigenvalue weighted by atomic mass is 9.83. The fourth-order valence-corrected chi connectivity index (χ4v) is 6.46. The van der Waals surface area contributed by atoms with Gasteiger partial charge in [-0.1, -0.05) is 0 Å². The predicted molar refractivity (Wildman–Crippen MR) is 75.1 cm³/mol. The Morgan fingerprint density at radius 1 is 1.20 bits per heavy atom. The molecule has 0 atom stereocenters. The monoisotopic (exact) mass is 320 g/mol. The first-order chi connectivity index (χ1) is 9.19. The Morgan fingerprint density at radius 3 is 2.15 bits per heavy atom. The maximum atomic E-state index is 12.5. The third kappa shape index (κ3) is 3.15. The zero-order chi connectivity index (χ0) is 15.0. The predicted octanol–water partition coefficient (Wildman–Crippen LogP) is 0.519.